The molecule has 8 heteroatoms. The van der Waals surface area contributed by atoms with Crippen molar-refractivity contribution < 1.29 is 23.9 Å². The van der Waals surface area contributed by atoms with Gasteiger partial charge in [0.15, 0.2) is 0 Å². The van der Waals surface area contributed by atoms with E-state index in [4.69, 9.17) is 4.74 Å². The molecule has 1 N–H and O–H groups in total. The van der Waals surface area contributed by atoms with Crippen LogP contribution in [0.25, 0.3) is 0 Å². The summed E-state index contributed by atoms with van der Waals surface area (Å²) in [4.78, 5) is 56.1. The molecule has 3 amide bonds. The van der Waals surface area contributed by atoms with Gasteiger partial charge >= 0.3 is 5.97 Å². The second kappa shape index (κ2) is 6.99. The quantitative estimate of drug-likeness (QED) is 0.422. The van der Waals surface area contributed by atoms with Gasteiger partial charge in [-0.15, -0.1) is 0 Å². The number of rotatable bonds is 2. The lowest BCUT2D eigenvalue weighted by atomic mass is 9.75. The molecule has 1 spiro atoms. The van der Waals surface area contributed by atoms with Crippen molar-refractivity contribution >= 4 is 35.1 Å². The fourth-order valence-electron chi connectivity index (χ4n) is 6.74. The first-order valence-electron chi connectivity index (χ1n) is 11.6. The Kier molecular flexibility index (Phi) is 4.33. The van der Waals surface area contributed by atoms with Gasteiger partial charge in [-0.1, -0.05) is 17.7 Å². The Hall–Kier alpha value is -3.52. The van der Waals surface area contributed by atoms with Crippen LogP contribution in [0.5, 0.6) is 5.75 Å². The summed E-state index contributed by atoms with van der Waals surface area (Å²) in [7, 11) is 0. The van der Waals surface area contributed by atoms with Gasteiger partial charge in [-0.2, -0.15) is 0 Å². The lowest BCUT2D eigenvalue weighted by molar-refractivity contribution is -0.135. The number of esters is 1. The average Bonchev–Trinajstić information content (AvgIpc) is 3.48. The summed E-state index contributed by atoms with van der Waals surface area (Å²) in [6, 6.07) is 10.2. The normalized spacial score (nSPS) is 29.4. The number of carbonyl (C=O) groups excluding carboxylic acids is 4. The van der Waals surface area contributed by atoms with E-state index in [0.717, 1.165) is 35.2 Å². The SMILES string of the molecule is CC(=O)Oc1ccc(N2C(=O)[C@@H]3[C@H]4CCCN4[C@]4(C(=O)Nc5c(C)cc(C)cc54)[C@H]3C2=O)cc1. The van der Waals surface area contributed by atoms with Crippen molar-refractivity contribution in [1.29, 1.82) is 0 Å². The maximum atomic E-state index is 14.0. The van der Waals surface area contributed by atoms with Crippen LogP contribution in [0.3, 0.4) is 0 Å². The smallest absolute Gasteiger partial charge is 0.308 e. The van der Waals surface area contributed by atoms with Crippen LogP contribution in [0.4, 0.5) is 11.4 Å². The molecule has 2 aromatic carbocycles. The molecule has 0 radical (unpaired) electrons. The molecular weight excluding hydrogens is 434 g/mol. The van der Waals surface area contributed by atoms with Gasteiger partial charge in [0.25, 0.3) is 0 Å². The third-order valence-corrected chi connectivity index (χ3v) is 7.80. The van der Waals surface area contributed by atoms with E-state index in [1.165, 1.54) is 11.8 Å². The summed E-state index contributed by atoms with van der Waals surface area (Å²) in [5.74, 6) is -2.33. The standard InChI is InChI=1S/C26H25N3O5/c1-13-11-14(2)22-18(12-13)26(25(33)27-22)21-20(19-5-4-10-28(19)26)23(31)29(24(21)32)16-6-8-17(9-7-16)34-15(3)30/h6-9,11-12,19-21H,4-5,10H2,1-3H3,(H,27,33)/t19-,20-,21-,26+/m1/s1. The van der Waals surface area contributed by atoms with Gasteiger partial charge in [-0.05, 0) is 63.1 Å². The maximum Gasteiger partial charge on any atom is 0.308 e. The monoisotopic (exact) mass is 459 g/mol. The number of fused-ring (bicyclic) bond motifs is 7. The molecule has 4 heterocycles. The van der Waals surface area contributed by atoms with Crippen LogP contribution in [0.2, 0.25) is 0 Å². The van der Waals surface area contributed by atoms with Crippen LogP contribution in [-0.4, -0.2) is 41.2 Å². The highest BCUT2D eigenvalue weighted by molar-refractivity contribution is 6.26. The minimum absolute atomic E-state index is 0.163. The predicted molar refractivity (Wildman–Crippen MR) is 123 cm³/mol. The van der Waals surface area contributed by atoms with Gasteiger partial charge in [0.1, 0.15) is 11.3 Å². The van der Waals surface area contributed by atoms with Crippen LogP contribution >= 0.6 is 0 Å². The number of hydrogen-bond acceptors (Lipinski definition) is 6. The van der Waals surface area contributed by atoms with Gasteiger partial charge in [-0.3, -0.25) is 24.1 Å². The van der Waals surface area contributed by atoms with Crippen molar-refractivity contribution in [3.05, 3.63) is 53.1 Å². The largest absolute Gasteiger partial charge is 0.427 e. The number of hydrogen-bond donors (Lipinski definition) is 1. The minimum atomic E-state index is -1.18. The van der Waals surface area contributed by atoms with Crippen LogP contribution in [0, 0.1) is 25.7 Å². The number of aryl methyl sites for hydroxylation is 2. The first kappa shape index (κ1) is 21.0. The van der Waals surface area contributed by atoms with Gasteiger partial charge < -0.3 is 10.1 Å². The number of nitrogens with zero attached hydrogens (tertiary/aromatic N) is 2. The van der Waals surface area contributed by atoms with Crippen LogP contribution in [0.1, 0.15) is 36.5 Å². The van der Waals surface area contributed by atoms with Crippen molar-refractivity contribution in [3.63, 3.8) is 0 Å². The van der Waals surface area contributed by atoms with Gasteiger partial charge in [0.2, 0.25) is 17.7 Å². The Balaban J connectivity index is 1.48. The number of nitrogens with one attached hydrogen (secondary N) is 1. The molecule has 0 saturated carbocycles. The molecule has 6 rings (SSSR count). The number of anilines is 2. The fourth-order valence-corrected chi connectivity index (χ4v) is 6.74. The molecular formula is C26H25N3O5. The van der Waals surface area contributed by atoms with Gasteiger partial charge in [0.05, 0.1) is 17.5 Å². The molecule has 3 saturated heterocycles. The minimum Gasteiger partial charge on any atom is -0.427 e. The van der Waals surface area contributed by atoms with E-state index in [-0.39, 0.29) is 23.8 Å². The van der Waals surface area contributed by atoms with E-state index in [9.17, 15) is 19.2 Å². The Bertz CT molecular complexity index is 1290. The Morgan fingerprint density at radius 2 is 1.82 bits per heavy atom. The number of ether oxygens (including phenoxy) is 1. The molecule has 2 aromatic rings. The van der Waals surface area contributed by atoms with Gasteiger partial charge in [0, 0.05) is 24.2 Å². The molecule has 0 bridgehead atoms. The summed E-state index contributed by atoms with van der Waals surface area (Å²) in [6.07, 6.45) is 1.65. The van der Waals surface area contributed by atoms with E-state index >= 15 is 0 Å². The first-order chi connectivity index (χ1) is 16.2. The Morgan fingerprint density at radius 1 is 1.09 bits per heavy atom. The fraction of sp³-hybridized carbons (Fsp3) is 0.385. The second-order valence-electron chi connectivity index (χ2n) is 9.73. The highest BCUT2D eigenvalue weighted by Crippen LogP contribution is 2.61. The van der Waals surface area contributed by atoms with Crippen molar-refractivity contribution in [3.8, 4) is 5.75 Å². The zero-order valence-corrected chi connectivity index (χ0v) is 19.3. The molecule has 0 aliphatic carbocycles. The molecule has 0 unspecified atom stereocenters. The Labute approximate surface area is 196 Å². The van der Waals surface area contributed by atoms with Gasteiger partial charge in [-0.25, -0.2) is 4.90 Å². The molecule has 3 fully saturated rings. The van der Waals surface area contributed by atoms with Crippen molar-refractivity contribution in [2.45, 2.75) is 45.2 Å². The molecule has 4 atom stereocenters. The summed E-state index contributed by atoms with van der Waals surface area (Å²) in [5.41, 5.74) is 2.76. The number of amides is 3. The predicted octanol–water partition coefficient (Wildman–Crippen LogP) is 2.66. The van der Waals surface area contributed by atoms with E-state index in [1.54, 1.807) is 24.3 Å². The molecule has 4 aliphatic heterocycles. The number of benzene rings is 2. The van der Waals surface area contributed by atoms with Crippen molar-refractivity contribution in [2.75, 3.05) is 16.8 Å². The Morgan fingerprint density at radius 3 is 2.53 bits per heavy atom. The van der Waals surface area contributed by atoms with E-state index < -0.39 is 23.3 Å². The van der Waals surface area contributed by atoms with Crippen molar-refractivity contribution in [2.24, 2.45) is 11.8 Å². The molecule has 0 aromatic heterocycles. The molecule has 4 aliphatic rings. The summed E-state index contributed by atoms with van der Waals surface area (Å²) in [5, 5.41) is 3.06. The number of imide groups is 1. The van der Waals surface area contributed by atoms with E-state index in [0.29, 0.717) is 18.0 Å². The molecule has 174 valence electrons. The lowest BCUT2D eigenvalue weighted by Gasteiger charge is -2.36. The van der Waals surface area contributed by atoms with E-state index in [2.05, 4.69) is 10.2 Å². The molecule has 8 nitrogen and oxygen atoms in total. The zero-order chi connectivity index (χ0) is 23.9. The topological polar surface area (TPSA) is 96.0 Å². The highest BCUT2D eigenvalue weighted by atomic mass is 16.5. The first-order valence-corrected chi connectivity index (χ1v) is 11.6. The highest BCUT2D eigenvalue weighted by Gasteiger charge is 2.74. The zero-order valence-electron chi connectivity index (χ0n) is 19.3. The lowest BCUT2D eigenvalue weighted by Crippen LogP contribution is -2.54. The summed E-state index contributed by atoms with van der Waals surface area (Å²) in [6.45, 7) is 5.92. The van der Waals surface area contributed by atoms with Crippen molar-refractivity contribution in [1.82, 2.24) is 4.90 Å². The van der Waals surface area contributed by atoms with Crippen LogP contribution < -0.4 is 15.0 Å². The van der Waals surface area contributed by atoms with Crippen LogP contribution in [-0.2, 0) is 24.7 Å². The summed E-state index contributed by atoms with van der Waals surface area (Å²) < 4.78 is 5.08. The van der Waals surface area contributed by atoms with E-state index in [1.807, 2.05) is 26.0 Å². The summed E-state index contributed by atoms with van der Waals surface area (Å²) >= 11 is 0. The maximum absolute atomic E-state index is 14.0. The number of carbonyl (C=O) groups is 4. The van der Waals surface area contributed by atoms with Crippen LogP contribution in [0.15, 0.2) is 36.4 Å². The average molecular weight is 460 g/mol. The third-order valence-electron chi connectivity index (χ3n) is 7.80. The molecule has 34 heavy (non-hydrogen) atoms. The third kappa shape index (κ3) is 2.51. The second-order valence-corrected chi connectivity index (χ2v) is 9.73.